The van der Waals surface area contributed by atoms with Gasteiger partial charge in [-0.2, -0.15) is 8.42 Å². The van der Waals surface area contributed by atoms with Crippen molar-refractivity contribution in [1.82, 2.24) is 0 Å². The Kier molecular flexibility index (Phi) is 6.27. The molecule has 0 aliphatic heterocycles. The summed E-state index contributed by atoms with van der Waals surface area (Å²) in [5.74, 6) is 0.526. The average Bonchev–Trinajstić information content (AvgIpc) is 2.46. The zero-order chi connectivity index (χ0) is 17.2. The molecule has 1 aliphatic carbocycles. The molecular formula is C18H29O3PS. The predicted molar refractivity (Wildman–Crippen MR) is 98.4 cm³/mol. The third kappa shape index (κ3) is 4.78. The summed E-state index contributed by atoms with van der Waals surface area (Å²) in [7, 11) is -4.00. The van der Waals surface area contributed by atoms with Gasteiger partial charge in [0.15, 0.2) is 0 Å². The molecule has 0 aromatic heterocycles. The standard InChI is InChI=1S/C18H29O3PS/c1-13(2)22(14(3)4)17-9-5-15(6-10-17)16-7-11-18(12-8-16)23(19,20)21/h7-8,11-15,17H,5-6,9-10H2,1-4H3,(H,19,20,21). The van der Waals surface area contributed by atoms with Gasteiger partial charge in [-0.05, 0) is 66.3 Å². The SMILES string of the molecule is CC(C)P(C(C)C)C1CCC(c2ccc(S(=O)(=O)O)cc2)CC1. The van der Waals surface area contributed by atoms with Gasteiger partial charge >= 0.3 is 0 Å². The van der Waals surface area contributed by atoms with Crippen molar-refractivity contribution in [2.24, 2.45) is 0 Å². The monoisotopic (exact) mass is 356 g/mol. The lowest BCUT2D eigenvalue weighted by atomic mass is 9.84. The zero-order valence-corrected chi connectivity index (χ0v) is 16.3. The Hall–Kier alpha value is -0.440. The summed E-state index contributed by atoms with van der Waals surface area (Å²) in [4.78, 5) is -0.0157. The maximum atomic E-state index is 11.1. The van der Waals surface area contributed by atoms with Gasteiger partial charge in [-0.15, -0.1) is 0 Å². The number of rotatable bonds is 5. The van der Waals surface area contributed by atoms with E-state index in [1.165, 1.54) is 43.4 Å². The lowest BCUT2D eigenvalue weighted by Crippen LogP contribution is -2.22. The van der Waals surface area contributed by atoms with Crippen molar-refractivity contribution in [2.75, 3.05) is 0 Å². The summed E-state index contributed by atoms with van der Waals surface area (Å²) in [5, 5.41) is 0. The van der Waals surface area contributed by atoms with Crippen LogP contribution < -0.4 is 0 Å². The molecule has 0 spiro atoms. The van der Waals surface area contributed by atoms with Crippen LogP contribution in [-0.2, 0) is 10.1 Å². The molecular weight excluding hydrogens is 327 g/mol. The van der Waals surface area contributed by atoms with Crippen molar-refractivity contribution >= 4 is 18.0 Å². The molecule has 1 saturated carbocycles. The van der Waals surface area contributed by atoms with Crippen molar-refractivity contribution in [1.29, 1.82) is 0 Å². The zero-order valence-electron chi connectivity index (χ0n) is 14.6. The van der Waals surface area contributed by atoms with E-state index < -0.39 is 10.1 Å². The molecule has 0 saturated heterocycles. The Bertz CT molecular complexity index is 592. The second-order valence-corrected chi connectivity index (χ2v) is 12.3. The largest absolute Gasteiger partial charge is 0.294 e. The minimum absolute atomic E-state index is 0.0157. The highest BCUT2D eigenvalue weighted by molar-refractivity contribution is 7.85. The van der Waals surface area contributed by atoms with E-state index in [9.17, 15) is 8.42 Å². The van der Waals surface area contributed by atoms with Gasteiger partial charge in [0.25, 0.3) is 10.1 Å². The van der Waals surface area contributed by atoms with Crippen molar-refractivity contribution in [3.8, 4) is 0 Å². The number of hydrogen-bond acceptors (Lipinski definition) is 2. The van der Waals surface area contributed by atoms with E-state index in [0.29, 0.717) is 5.92 Å². The van der Waals surface area contributed by atoms with Crippen LogP contribution in [0.4, 0.5) is 0 Å². The number of benzene rings is 1. The quantitative estimate of drug-likeness (QED) is 0.578. The van der Waals surface area contributed by atoms with E-state index in [0.717, 1.165) is 17.0 Å². The molecule has 1 aliphatic rings. The first-order valence-corrected chi connectivity index (χ1v) is 11.5. The third-order valence-electron chi connectivity index (χ3n) is 4.96. The fourth-order valence-corrected chi connectivity index (χ4v) is 8.31. The molecule has 0 atom stereocenters. The smallest absolute Gasteiger partial charge is 0.282 e. The van der Waals surface area contributed by atoms with Crippen LogP contribution in [0.15, 0.2) is 29.2 Å². The summed E-state index contributed by atoms with van der Waals surface area (Å²) in [6.45, 7) is 9.47. The molecule has 23 heavy (non-hydrogen) atoms. The molecule has 2 rings (SSSR count). The highest BCUT2D eigenvalue weighted by Crippen LogP contribution is 2.56. The summed E-state index contributed by atoms with van der Waals surface area (Å²) in [5.41, 5.74) is 3.66. The van der Waals surface area contributed by atoms with Crippen molar-refractivity contribution in [3.05, 3.63) is 29.8 Å². The molecule has 0 radical (unpaired) electrons. The normalized spacial score (nSPS) is 23.0. The summed E-state index contributed by atoms with van der Waals surface area (Å²) < 4.78 is 31.3. The highest BCUT2D eigenvalue weighted by atomic mass is 32.2. The maximum Gasteiger partial charge on any atom is 0.294 e. The van der Waals surface area contributed by atoms with E-state index in [1.807, 2.05) is 12.1 Å². The van der Waals surface area contributed by atoms with Crippen LogP contribution in [0, 0.1) is 0 Å². The first-order valence-electron chi connectivity index (χ1n) is 8.55. The Balaban J connectivity index is 2.02. The van der Waals surface area contributed by atoms with Crippen LogP contribution in [0.2, 0.25) is 0 Å². The molecule has 1 aromatic rings. The van der Waals surface area contributed by atoms with Gasteiger partial charge < -0.3 is 0 Å². The van der Waals surface area contributed by atoms with Crippen LogP contribution in [0.5, 0.6) is 0 Å². The van der Waals surface area contributed by atoms with E-state index >= 15 is 0 Å². The fourth-order valence-electron chi connectivity index (χ4n) is 4.06. The summed E-state index contributed by atoms with van der Waals surface area (Å²) in [6, 6.07) is 6.77. The van der Waals surface area contributed by atoms with Gasteiger partial charge in [0.2, 0.25) is 0 Å². The van der Waals surface area contributed by atoms with Crippen LogP contribution >= 0.6 is 7.92 Å². The van der Waals surface area contributed by atoms with E-state index in [1.54, 1.807) is 0 Å². The first-order chi connectivity index (χ1) is 10.7. The Morgan fingerprint density at radius 2 is 1.43 bits per heavy atom. The van der Waals surface area contributed by atoms with Gasteiger partial charge in [-0.25, -0.2) is 0 Å². The minimum Gasteiger partial charge on any atom is -0.282 e. The van der Waals surface area contributed by atoms with Gasteiger partial charge in [0.1, 0.15) is 0 Å². The maximum absolute atomic E-state index is 11.1. The number of hydrogen-bond donors (Lipinski definition) is 1. The first kappa shape index (κ1) is 18.9. The second-order valence-electron chi connectivity index (χ2n) is 7.18. The van der Waals surface area contributed by atoms with Crippen LogP contribution in [0.25, 0.3) is 0 Å². The molecule has 0 heterocycles. The van der Waals surface area contributed by atoms with E-state index in [-0.39, 0.29) is 12.8 Å². The molecule has 1 N–H and O–H groups in total. The molecule has 5 heteroatoms. The van der Waals surface area contributed by atoms with Crippen LogP contribution in [0.3, 0.4) is 0 Å². The van der Waals surface area contributed by atoms with Crippen molar-refractivity contribution in [2.45, 2.75) is 81.2 Å². The molecule has 1 aromatic carbocycles. The topological polar surface area (TPSA) is 54.4 Å². The molecule has 0 unspecified atom stereocenters. The van der Waals surface area contributed by atoms with Crippen LogP contribution in [-0.4, -0.2) is 29.9 Å². The van der Waals surface area contributed by atoms with E-state index in [4.69, 9.17) is 4.55 Å². The van der Waals surface area contributed by atoms with Gasteiger partial charge in [-0.1, -0.05) is 47.7 Å². The molecule has 130 valence electrons. The van der Waals surface area contributed by atoms with Gasteiger partial charge in [-0.3, -0.25) is 4.55 Å². The van der Waals surface area contributed by atoms with Crippen LogP contribution in [0.1, 0.15) is 64.9 Å². The Morgan fingerprint density at radius 3 is 1.83 bits per heavy atom. The second kappa shape index (κ2) is 7.63. The predicted octanol–water partition coefficient (Wildman–Crippen LogP) is 5.26. The molecule has 0 amide bonds. The lowest BCUT2D eigenvalue weighted by molar-refractivity contribution is 0.446. The molecule has 0 bridgehead atoms. The third-order valence-corrected chi connectivity index (χ3v) is 9.57. The minimum atomic E-state index is -4.09. The average molecular weight is 356 g/mol. The van der Waals surface area contributed by atoms with Crippen molar-refractivity contribution < 1.29 is 13.0 Å². The molecule has 3 nitrogen and oxygen atoms in total. The Labute approximate surface area is 142 Å². The van der Waals surface area contributed by atoms with E-state index in [2.05, 4.69) is 27.7 Å². The van der Waals surface area contributed by atoms with Gasteiger partial charge in [0, 0.05) is 0 Å². The summed E-state index contributed by atoms with van der Waals surface area (Å²) >= 11 is 0. The fraction of sp³-hybridized carbons (Fsp3) is 0.667. The summed E-state index contributed by atoms with van der Waals surface area (Å²) in [6.07, 6.45) is 4.95. The lowest BCUT2D eigenvalue weighted by Gasteiger charge is -2.39. The molecule has 1 fully saturated rings. The Morgan fingerprint density at radius 1 is 0.957 bits per heavy atom. The van der Waals surface area contributed by atoms with Gasteiger partial charge in [0.05, 0.1) is 4.90 Å². The highest BCUT2D eigenvalue weighted by Gasteiger charge is 2.31. The van der Waals surface area contributed by atoms with Crippen molar-refractivity contribution in [3.63, 3.8) is 0 Å².